The summed E-state index contributed by atoms with van der Waals surface area (Å²) in [7, 11) is 0. The summed E-state index contributed by atoms with van der Waals surface area (Å²) in [5.74, 6) is 0. The maximum Gasteiger partial charge on any atom is 0.251 e. The average Bonchev–Trinajstić information content (AvgIpc) is 2.52. The first kappa shape index (κ1) is 13.6. The van der Waals surface area contributed by atoms with Crippen molar-refractivity contribution in [2.24, 2.45) is 0 Å². The molecule has 0 saturated carbocycles. The molecule has 1 aromatic heterocycles. The van der Waals surface area contributed by atoms with Gasteiger partial charge in [0.25, 0.3) is 5.56 Å². The normalized spacial score (nSPS) is 11.0. The van der Waals surface area contributed by atoms with Gasteiger partial charge in [-0.15, -0.1) is 0 Å². The molecule has 3 aromatic rings. The molecule has 0 bridgehead atoms. The van der Waals surface area contributed by atoms with Gasteiger partial charge in [0.05, 0.1) is 18.7 Å². The maximum atomic E-state index is 12.4. The summed E-state index contributed by atoms with van der Waals surface area (Å²) in [6, 6.07) is 17.3. The van der Waals surface area contributed by atoms with E-state index >= 15 is 0 Å². The Labute approximate surface area is 123 Å². The highest BCUT2D eigenvalue weighted by atomic mass is 16.3. The van der Waals surface area contributed by atoms with Crippen molar-refractivity contribution in [2.75, 3.05) is 0 Å². The first-order valence-corrected chi connectivity index (χ1v) is 6.97. The number of benzene rings is 2. The summed E-state index contributed by atoms with van der Waals surface area (Å²) in [5.41, 5.74) is 3.71. The highest BCUT2D eigenvalue weighted by molar-refractivity contribution is 5.83. The number of hydrogen-bond donors (Lipinski definition) is 1. The molecule has 0 aliphatic heterocycles. The van der Waals surface area contributed by atoms with Gasteiger partial charge in [0.1, 0.15) is 0 Å². The number of aliphatic hydroxyl groups excluding tert-OH is 1. The van der Waals surface area contributed by atoms with E-state index in [-0.39, 0.29) is 12.2 Å². The van der Waals surface area contributed by atoms with Gasteiger partial charge in [-0.2, -0.15) is 0 Å². The molecule has 3 heteroatoms. The maximum absolute atomic E-state index is 12.4. The zero-order valence-corrected chi connectivity index (χ0v) is 11.9. The third kappa shape index (κ3) is 2.60. The Morgan fingerprint density at radius 3 is 2.48 bits per heavy atom. The summed E-state index contributed by atoms with van der Waals surface area (Å²) in [6.45, 7) is 2.45. The zero-order valence-electron chi connectivity index (χ0n) is 11.9. The molecule has 0 radical (unpaired) electrons. The van der Waals surface area contributed by atoms with Crippen LogP contribution in [-0.2, 0) is 13.2 Å². The van der Waals surface area contributed by atoms with Gasteiger partial charge in [0.15, 0.2) is 0 Å². The Kier molecular flexibility index (Phi) is 3.59. The lowest BCUT2D eigenvalue weighted by molar-refractivity contribution is 0.282. The highest BCUT2D eigenvalue weighted by Gasteiger charge is 2.08. The van der Waals surface area contributed by atoms with Gasteiger partial charge in [0, 0.05) is 11.5 Å². The first-order chi connectivity index (χ1) is 10.2. The van der Waals surface area contributed by atoms with Gasteiger partial charge < -0.3 is 9.67 Å². The second-order valence-corrected chi connectivity index (χ2v) is 5.25. The SMILES string of the molecule is Cc1cc(=O)n(Cc2ccccc2)c2cc(CO)ccc12. The predicted molar refractivity (Wildman–Crippen MR) is 84.4 cm³/mol. The van der Waals surface area contributed by atoms with Crippen LogP contribution in [0.1, 0.15) is 16.7 Å². The third-order valence-electron chi connectivity index (χ3n) is 3.75. The standard InChI is InChI=1S/C18H17NO2/c1-13-9-18(21)19(11-14-5-3-2-4-6-14)17-10-15(12-20)7-8-16(13)17/h2-10,20H,11-12H2,1H3. The molecule has 21 heavy (non-hydrogen) atoms. The summed E-state index contributed by atoms with van der Waals surface area (Å²) in [4.78, 5) is 12.4. The summed E-state index contributed by atoms with van der Waals surface area (Å²) in [6.07, 6.45) is 0. The monoisotopic (exact) mass is 279 g/mol. The van der Waals surface area contributed by atoms with Gasteiger partial charge >= 0.3 is 0 Å². The van der Waals surface area contributed by atoms with E-state index in [1.165, 1.54) is 0 Å². The van der Waals surface area contributed by atoms with E-state index in [4.69, 9.17) is 0 Å². The fourth-order valence-electron chi connectivity index (χ4n) is 2.62. The molecule has 0 amide bonds. The predicted octanol–water partition coefficient (Wildman–Crippen LogP) is 2.85. The van der Waals surface area contributed by atoms with Crippen LogP contribution in [-0.4, -0.2) is 9.67 Å². The minimum Gasteiger partial charge on any atom is -0.392 e. The van der Waals surface area contributed by atoms with Crippen molar-refractivity contribution in [1.82, 2.24) is 4.57 Å². The van der Waals surface area contributed by atoms with Crippen molar-refractivity contribution < 1.29 is 5.11 Å². The Bertz CT molecular complexity index is 835. The number of hydrogen-bond acceptors (Lipinski definition) is 2. The van der Waals surface area contributed by atoms with Crippen LogP contribution in [0.4, 0.5) is 0 Å². The average molecular weight is 279 g/mol. The molecule has 0 aliphatic rings. The molecule has 2 aromatic carbocycles. The van der Waals surface area contributed by atoms with Crippen molar-refractivity contribution in [1.29, 1.82) is 0 Å². The Morgan fingerprint density at radius 1 is 1.00 bits per heavy atom. The third-order valence-corrected chi connectivity index (χ3v) is 3.75. The number of aromatic nitrogens is 1. The van der Waals surface area contributed by atoms with E-state index in [2.05, 4.69) is 0 Å². The molecule has 0 unspecified atom stereocenters. The van der Waals surface area contributed by atoms with Crippen molar-refractivity contribution in [3.05, 3.63) is 81.6 Å². The molecule has 1 N–H and O–H groups in total. The minimum atomic E-state index is -0.0244. The van der Waals surface area contributed by atoms with Crippen LogP contribution >= 0.6 is 0 Å². The summed E-state index contributed by atoms with van der Waals surface area (Å²) in [5, 5.41) is 10.4. The van der Waals surface area contributed by atoms with Crippen molar-refractivity contribution >= 4 is 10.9 Å². The van der Waals surface area contributed by atoms with Crippen LogP contribution in [0, 0.1) is 6.92 Å². The van der Waals surface area contributed by atoms with Gasteiger partial charge in [-0.05, 0) is 29.7 Å². The topological polar surface area (TPSA) is 42.2 Å². The first-order valence-electron chi connectivity index (χ1n) is 6.97. The molecular formula is C18H17NO2. The quantitative estimate of drug-likeness (QED) is 0.801. The van der Waals surface area contributed by atoms with E-state index in [1.54, 1.807) is 10.6 Å². The number of aliphatic hydroxyl groups is 1. The smallest absolute Gasteiger partial charge is 0.251 e. The summed E-state index contributed by atoms with van der Waals surface area (Å²) >= 11 is 0. The fraction of sp³-hybridized carbons (Fsp3) is 0.167. The van der Waals surface area contributed by atoms with E-state index < -0.39 is 0 Å². The largest absolute Gasteiger partial charge is 0.392 e. The lowest BCUT2D eigenvalue weighted by Crippen LogP contribution is -2.21. The number of pyridine rings is 1. The molecule has 0 aliphatic carbocycles. The molecule has 0 atom stereocenters. The highest BCUT2D eigenvalue weighted by Crippen LogP contribution is 2.19. The van der Waals surface area contributed by atoms with Gasteiger partial charge in [-0.1, -0.05) is 42.5 Å². The molecule has 106 valence electrons. The van der Waals surface area contributed by atoms with Crippen LogP contribution in [0.2, 0.25) is 0 Å². The lowest BCUT2D eigenvalue weighted by atomic mass is 10.1. The van der Waals surface area contributed by atoms with E-state index in [0.29, 0.717) is 6.54 Å². The van der Waals surface area contributed by atoms with Gasteiger partial charge in [-0.25, -0.2) is 0 Å². The number of aryl methyl sites for hydroxylation is 1. The van der Waals surface area contributed by atoms with Crippen molar-refractivity contribution in [3.8, 4) is 0 Å². The van der Waals surface area contributed by atoms with Crippen LogP contribution in [0.5, 0.6) is 0 Å². The van der Waals surface area contributed by atoms with Crippen LogP contribution < -0.4 is 5.56 Å². The molecule has 0 fully saturated rings. The zero-order chi connectivity index (χ0) is 14.8. The molecule has 0 spiro atoms. The minimum absolute atomic E-state index is 0.0149. The molecule has 3 rings (SSSR count). The second-order valence-electron chi connectivity index (χ2n) is 5.25. The second kappa shape index (κ2) is 5.54. The number of nitrogens with zero attached hydrogens (tertiary/aromatic N) is 1. The molecule has 1 heterocycles. The van der Waals surface area contributed by atoms with Crippen LogP contribution in [0.3, 0.4) is 0 Å². The van der Waals surface area contributed by atoms with E-state index in [1.807, 2.05) is 55.5 Å². The molecule has 3 nitrogen and oxygen atoms in total. The van der Waals surface area contributed by atoms with E-state index in [9.17, 15) is 9.90 Å². The lowest BCUT2D eigenvalue weighted by Gasteiger charge is -2.13. The number of fused-ring (bicyclic) bond motifs is 1. The number of rotatable bonds is 3. The van der Waals surface area contributed by atoms with Crippen LogP contribution in [0.15, 0.2) is 59.4 Å². The van der Waals surface area contributed by atoms with E-state index in [0.717, 1.165) is 27.6 Å². The Hall–Kier alpha value is -2.39. The van der Waals surface area contributed by atoms with Crippen LogP contribution in [0.25, 0.3) is 10.9 Å². The van der Waals surface area contributed by atoms with Gasteiger partial charge in [0.2, 0.25) is 0 Å². The fourth-order valence-corrected chi connectivity index (χ4v) is 2.62. The summed E-state index contributed by atoms with van der Waals surface area (Å²) < 4.78 is 1.76. The molecular weight excluding hydrogens is 262 g/mol. The Balaban J connectivity index is 2.23. The Morgan fingerprint density at radius 2 is 1.76 bits per heavy atom. The van der Waals surface area contributed by atoms with Crippen molar-refractivity contribution in [2.45, 2.75) is 20.1 Å². The van der Waals surface area contributed by atoms with Crippen molar-refractivity contribution in [3.63, 3.8) is 0 Å². The van der Waals surface area contributed by atoms with Gasteiger partial charge in [-0.3, -0.25) is 4.79 Å². The molecule has 0 saturated heterocycles.